The molecule has 0 fully saturated rings. The first-order valence-corrected chi connectivity index (χ1v) is 6.23. The fourth-order valence-corrected chi connectivity index (χ4v) is 2.47. The number of fused-ring (bicyclic) bond motifs is 1. The van der Waals surface area contributed by atoms with Gasteiger partial charge in [-0.2, -0.15) is 0 Å². The summed E-state index contributed by atoms with van der Waals surface area (Å²) in [4.78, 5) is 15.4. The maximum atomic E-state index is 11.1. The molecule has 0 atom stereocenters. The number of aldehydes is 1. The standard InChI is InChI=1S/C13H12ClN3O/c14-10-5-2-1-4-9(10)12-16-11(8-18)13-15-6-3-7-17(12)13/h1-2,4-5,8,15H,3,6-7H2. The second-order valence-electron chi connectivity index (χ2n) is 4.20. The zero-order chi connectivity index (χ0) is 12.5. The topological polar surface area (TPSA) is 46.9 Å². The van der Waals surface area contributed by atoms with Crippen molar-refractivity contribution in [2.24, 2.45) is 0 Å². The summed E-state index contributed by atoms with van der Waals surface area (Å²) in [7, 11) is 0. The van der Waals surface area contributed by atoms with E-state index in [2.05, 4.69) is 10.3 Å². The maximum absolute atomic E-state index is 11.1. The molecule has 0 bridgehead atoms. The third kappa shape index (κ3) is 1.69. The Labute approximate surface area is 110 Å². The maximum Gasteiger partial charge on any atom is 0.172 e. The lowest BCUT2D eigenvalue weighted by atomic mass is 10.2. The summed E-state index contributed by atoms with van der Waals surface area (Å²) in [5.41, 5.74) is 1.31. The van der Waals surface area contributed by atoms with Gasteiger partial charge in [-0.25, -0.2) is 4.98 Å². The summed E-state index contributed by atoms with van der Waals surface area (Å²) in [5, 5.41) is 3.86. The Morgan fingerprint density at radius 2 is 2.22 bits per heavy atom. The highest BCUT2D eigenvalue weighted by Gasteiger charge is 2.21. The number of hydrogen-bond acceptors (Lipinski definition) is 3. The van der Waals surface area contributed by atoms with Gasteiger partial charge in [-0.3, -0.25) is 4.79 Å². The van der Waals surface area contributed by atoms with E-state index in [1.807, 2.05) is 28.8 Å². The van der Waals surface area contributed by atoms with Crippen molar-refractivity contribution in [2.75, 3.05) is 11.9 Å². The number of carbonyl (C=O) groups excluding carboxylic acids is 1. The number of rotatable bonds is 2. The molecule has 92 valence electrons. The third-order valence-electron chi connectivity index (χ3n) is 3.07. The van der Waals surface area contributed by atoms with Gasteiger partial charge in [-0.15, -0.1) is 0 Å². The molecule has 0 saturated carbocycles. The van der Waals surface area contributed by atoms with Crippen LogP contribution in [0.1, 0.15) is 16.9 Å². The molecule has 18 heavy (non-hydrogen) atoms. The molecule has 0 spiro atoms. The summed E-state index contributed by atoms with van der Waals surface area (Å²) >= 11 is 6.19. The Morgan fingerprint density at radius 3 is 3.00 bits per heavy atom. The Balaban J connectivity index is 2.21. The number of imidazole rings is 1. The fourth-order valence-electron chi connectivity index (χ4n) is 2.25. The van der Waals surface area contributed by atoms with Gasteiger partial charge in [0.2, 0.25) is 0 Å². The van der Waals surface area contributed by atoms with Gasteiger partial charge < -0.3 is 9.88 Å². The van der Waals surface area contributed by atoms with Gasteiger partial charge in [-0.1, -0.05) is 23.7 Å². The molecule has 1 aromatic heterocycles. The molecule has 0 aliphatic carbocycles. The number of nitrogens with zero attached hydrogens (tertiary/aromatic N) is 2. The highest BCUT2D eigenvalue weighted by Crippen LogP contribution is 2.32. The second kappa shape index (κ2) is 4.46. The molecule has 0 unspecified atom stereocenters. The van der Waals surface area contributed by atoms with Crippen molar-refractivity contribution in [3.8, 4) is 11.4 Å². The lowest BCUT2D eigenvalue weighted by Gasteiger charge is -2.18. The first-order chi connectivity index (χ1) is 8.81. The van der Waals surface area contributed by atoms with Crippen molar-refractivity contribution < 1.29 is 4.79 Å². The van der Waals surface area contributed by atoms with Gasteiger partial charge in [0.1, 0.15) is 17.3 Å². The number of halogens is 1. The summed E-state index contributed by atoms with van der Waals surface area (Å²) in [6, 6.07) is 7.54. The van der Waals surface area contributed by atoms with Crippen LogP contribution in [0.5, 0.6) is 0 Å². The van der Waals surface area contributed by atoms with E-state index in [0.717, 1.165) is 43.0 Å². The van der Waals surface area contributed by atoms with Crippen molar-refractivity contribution in [2.45, 2.75) is 13.0 Å². The van der Waals surface area contributed by atoms with E-state index in [4.69, 9.17) is 11.6 Å². The lowest BCUT2D eigenvalue weighted by molar-refractivity contribution is 0.112. The average molecular weight is 262 g/mol. The van der Waals surface area contributed by atoms with E-state index < -0.39 is 0 Å². The van der Waals surface area contributed by atoms with E-state index in [1.165, 1.54) is 0 Å². The Hall–Kier alpha value is -1.81. The lowest BCUT2D eigenvalue weighted by Crippen LogP contribution is -2.18. The molecule has 1 aliphatic heterocycles. The number of nitrogens with one attached hydrogen (secondary N) is 1. The first kappa shape index (κ1) is 11.3. The number of benzene rings is 1. The van der Waals surface area contributed by atoms with Gasteiger partial charge in [0, 0.05) is 18.7 Å². The molecule has 0 amide bonds. The summed E-state index contributed by atoms with van der Waals surface area (Å²) in [5.74, 6) is 1.55. The smallest absolute Gasteiger partial charge is 0.172 e. The number of aromatic nitrogens is 2. The molecule has 2 aromatic rings. The fraction of sp³-hybridized carbons (Fsp3) is 0.231. The van der Waals surface area contributed by atoms with E-state index in [-0.39, 0.29) is 0 Å². The summed E-state index contributed by atoms with van der Waals surface area (Å²) in [6.45, 7) is 1.72. The van der Waals surface area contributed by atoms with E-state index in [9.17, 15) is 4.79 Å². The van der Waals surface area contributed by atoms with Gasteiger partial charge >= 0.3 is 0 Å². The normalized spacial score (nSPS) is 13.8. The van der Waals surface area contributed by atoms with Crippen LogP contribution in [0, 0.1) is 0 Å². The van der Waals surface area contributed by atoms with Crippen LogP contribution in [0.15, 0.2) is 24.3 Å². The number of anilines is 1. The predicted molar refractivity (Wildman–Crippen MR) is 71.2 cm³/mol. The predicted octanol–water partition coefficient (Wildman–Crippen LogP) is 2.83. The van der Waals surface area contributed by atoms with Gasteiger partial charge in [0.05, 0.1) is 5.02 Å². The molecule has 0 radical (unpaired) electrons. The van der Waals surface area contributed by atoms with Crippen LogP contribution in [0.2, 0.25) is 5.02 Å². The molecule has 0 saturated heterocycles. The van der Waals surface area contributed by atoms with Crippen LogP contribution in [0.3, 0.4) is 0 Å². The second-order valence-corrected chi connectivity index (χ2v) is 4.61. The van der Waals surface area contributed by atoms with Gasteiger partial charge in [0.15, 0.2) is 6.29 Å². The number of hydrogen-bond donors (Lipinski definition) is 1. The monoisotopic (exact) mass is 261 g/mol. The van der Waals surface area contributed by atoms with Crippen LogP contribution < -0.4 is 5.32 Å². The largest absolute Gasteiger partial charge is 0.369 e. The van der Waals surface area contributed by atoms with Gasteiger partial charge in [0.25, 0.3) is 0 Å². The highest BCUT2D eigenvalue weighted by molar-refractivity contribution is 6.33. The molecular formula is C13H12ClN3O. The van der Waals surface area contributed by atoms with Crippen LogP contribution in [-0.2, 0) is 6.54 Å². The number of carbonyl (C=O) groups is 1. The van der Waals surface area contributed by atoms with Gasteiger partial charge in [-0.05, 0) is 18.6 Å². The summed E-state index contributed by atoms with van der Waals surface area (Å²) in [6.07, 6.45) is 1.80. The van der Waals surface area contributed by atoms with Crippen molar-refractivity contribution in [1.82, 2.24) is 9.55 Å². The molecule has 1 N–H and O–H groups in total. The minimum atomic E-state index is 0.449. The van der Waals surface area contributed by atoms with Crippen molar-refractivity contribution in [3.63, 3.8) is 0 Å². The van der Waals surface area contributed by atoms with E-state index >= 15 is 0 Å². The SMILES string of the molecule is O=Cc1nc(-c2ccccc2Cl)n2c1NCCC2. The zero-order valence-electron chi connectivity index (χ0n) is 9.69. The van der Waals surface area contributed by atoms with E-state index in [1.54, 1.807) is 0 Å². The quantitative estimate of drug-likeness (QED) is 0.846. The molecular weight excluding hydrogens is 250 g/mol. The first-order valence-electron chi connectivity index (χ1n) is 5.85. The van der Waals surface area contributed by atoms with Crippen molar-refractivity contribution in [3.05, 3.63) is 35.0 Å². The molecule has 1 aliphatic rings. The minimum Gasteiger partial charge on any atom is -0.369 e. The minimum absolute atomic E-state index is 0.449. The Morgan fingerprint density at radius 1 is 1.39 bits per heavy atom. The molecule has 5 heteroatoms. The average Bonchev–Trinajstić information content (AvgIpc) is 2.78. The molecule has 4 nitrogen and oxygen atoms in total. The molecule has 3 rings (SSSR count). The highest BCUT2D eigenvalue weighted by atomic mass is 35.5. The Kier molecular flexibility index (Phi) is 2.80. The van der Waals surface area contributed by atoms with Crippen molar-refractivity contribution in [1.29, 1.82) is 0 Å². The van der Waals surface area contributed by atoms with Crippen LogP contribution >= 0.6 is 11.6 Å². The van der Waals surface area contributed by atoms with Crippen LogP contribution in [0.25, 0.3) is 11.4 Å². The molecule has 1 aromatic carbocycles. The third-order valence-corrected chi connectivity index (χ3v) is 3.40. The van der Waals surface area contributed by atoms with Crippen molar-refractivity contribution >= 4 is 23.7 Å². The van der Waals surface area contributed by atoms with E-state index in [0.29, 0.717) is 10.7 Å². The van der Waals surface area contributed by atoms with Crippen LogP contribution in [-0.4, -0.2) is 22.4 Å². The zero-order valence-corrected chi connectivity index (χ0v) is 10.4. The Bertz CT molecular complexity index is 606. The summed E-state index contributed by atoms with van der Waals surface area (Å²) < 4.78 is 2.02. The molecule has 2 heterocycles. The van der Waals surface area contributed by atoms with Crippen LogP contribution in [0.4, 0.5) is 5.82 Å².